The van der Waals surface area contributed by atoms with Crippen molar-refractivity contribution in [2.45, 2.75) is 0 Å². The van der Waals surface area contributed by atoms with E-state index >= 15 is 0 Å². The number of rotatable bonds is 4. The molecule has 128 valence electrons. The van der Waals surface area contributed by atoms with Crippen LogP contribution in [0, 0.1) is 0 Å². The predicted molar refractivity (Wildman–Crippen MR) is 92.8 cm³/mol. The van der Waals surface area contributed by atoms with Crippen LogP contribution in [0.15, 0.2) is 52.2 Å². The lowest BCUT2D eigenvalue weighted by Crippen LogP contribution is -2.37. The normalized spacial score (nSPS) is 10.6. The van der Waals surface area contributed by atoms with E-state index in [1.54, 1.807) is 24.3 Å². The summed E-state index contributed by atoms with van der Waals surface area (Å²) in [6.07, 6.45) is 1.43. The number of carbonyl (C=O) groups excluding carboxylic acids is 1. The lowest BCUT2D eigenvalue weighted by molar-refractivity contribution is -0.118. The van der Waals surface area contributed by atoms with Gasteiger partial charge in [-0.25, -0.2) is 9.78 Å². The summed E-state index contributed by atoms with van der Waals surface area (Å²) in [5.74, 6) is 0.141. The summed E-state index contributed by atoms with van der Waals surface area (Å²) in [5.41, 5.74) is -0.524. The maximum Gasteiger partial charge on any atom is 0.332 e. The van der Waals surface area contributed by atoms with Crippen molar-refractivity contribution >= 4 is 22.6 Å². The SMILES string of the molecule is Cn1c(=O)c2c(NC(=O)COc3ccccc3)ccnc2n(C)c1=O. The molecule has 0 fully saturated rings. The van der Waals surface area contributed by atoms with Crippen LogP contribution >= 0.6 is 0 Å². The first-order chi connectivity index (χ1) is 12.0. The molecular weight excluding hydrogens is 324 g/mol. The average Bonchev–Trinajstić information content (AvgIpc) is 2.63. The second-order valence-electron chi connectivity index (χ2n) is 5.41. The molecule has 0 aliphatic rings. The molecular formula is C17H16N4O4. The fourth-order valence-electron chi connectivity index (χ4n) is 2.44. The van der Waals surface area contributed by atoms with Gasteiger partial charge in [0.2, 0.25) is 0 Å². The largest absolute Gasteiger partial charge is 0.484 e. The Morgan fingerprint density at radius 2 is 1.84 bits per heavy atom. The van der Waals surface area contributed by atoms with Crippen LogP contribution in [0.1, 0.15) is 0 Å². The zero-order valence-corrected chi connectivity index (χ0v) is 13.7. The predicted octanol–water partition coefficient (Wildman–Crippen LogP) is 0.650. The lowest BCUT2D eigenvalue weighted by atomic mass is 10.2. The van der Waals surface area contributed by atoms with Gasteiger partial charge in [-0.2, -0.15) is 0 Å². The number of aromatic nitrogens is 3. The smallest absolute Gasteiger partial charge is 0.332 e. The number of hydrogen-bond acceptors (Lipinski definition) is 5. The Hall–Kier alpha value is -3.42. The molecule has 0 radical (unpaired) electrons. The average molecular weight is 340 g/mol. The number of aryl methyl sites for hydroxylation is 1. The minimum absolute atomic E-state index is 0.167. The van der Waals surface area contributed by atoms with E-state index in [4.69, 9.17) is 4.74 Å². The van der Waals surface area contributed by atoms with Gasteiger partial charge in [-0.3, -0.25) is 18.7 Å². The Labute approximate surface area is 142 Å². The first kappa shape index (κ1) is 16.4. The first-order valence-corrected chi connectivity index (χ1v) is 7.51. The van der Waals surface area contributed by atoms with Gasteiger partial charge in [0.1, 0.15) is 11.1 Å². The lowest BCUT2D eigenvalue weighted by Gasteiger charge is -2.11. The van der Waals surface area contributed by atoms with E-state index in [9.17, 15) is 14.4 Å². The highest BCUT2D eigenvalue weighted by Gasteiger charge is 2.15. The highest BCUT2D eigenvalue weighted by atomic mass is 16.5. The summed E-state index contributed by atoms with van der Waals surface area (Å²) in [4.78, 5) is 40.6. The first-order valence-electron chi connectivity index (χ1n) is 7.51. The van der Waals surface area contributed by atoms with Crippen LogP contribution in [0.5, 0.6) is 5.75 Å². The Bertz CT molecular complexity index is 1050. The second kappa shape index (κ2) is 6.60. The molecule has 0 bridgehead atoms. The molecule has 1 amide bonds. The molecule has 2 heterocycles. The third-order valence-corrected chi connectivity index (χ3v) is 3.73. The molecule has 3 aromatic rings. The molecule has 25 heavy (non-hydrogen) atoms. The van der Waals surface area contributed by atoms with Crippen LogP contribution in [-0.4, -0.2) is 26.6 Å². The minimum atomic E-state index is -0.523. The van der Waals surface area contributed by atoms with Crippen molar-refractivity contribution in [1.82, 2.24) is 14.1 Å². The van der Waals surface area contributed by atoms with Gasteiger partial charge >= 0.3 is 5.69 Å². The van der Waals surface area contributed by atoms with Gasteiger partial charge < -0.3 is 10.1 Å². The van der Waals surface area contributed by atoms with Crippen molar-refractivity contribution in [3.63, 3.8) is 0 Å². The van der Waals surface area contributed by atoms with Crippen LogP contribution < -0.4 is 21.3 Å². The molecule has 0 saturated carbocycles. The number of carbonyl (C=O) groups is 1. The van der Waals surface area contributed by atoms with Gasteiger partial charge in [-0.15, -0.1) is 0 Å². The van der Waals surface area contributed by atoms with Crippen molar-refractivity contribution < 1.29 is 9.53 Å². The highest BCUT2D eigenvalue weighted by molar-refractivity contribution is 6.00. The monoisotopic (exact) mass is 340 g/mol. The number of fused-ring (bicyclic) bond motifs is 1. The van der Waals surface area contributed by atoms with Gasteiger partial charge in [0, 0.05) is 20.3 Å². The Morgan fingerprint density at radius 1 is 1.12 bits per heavy atom. The summed E-state index contributed by atoms with van der Waals surface area (Å²) in [7, 11) is 2.89. The number of anilines is 1. The van der Waals surface area contributed by atoms with Gasteiger partial charge in [0.05, 0.1) is 5.69 Å². The zero-order valence-electron chi connectivity index (χ0n) is 13.7. The molecule has 2 aromatic heterocycles. The summed E-state index contributed by atoms with van der Waals surface area (Å²) in [6, 6.07) is 10.4. The Kier molecular flexibility index (Phi) is 4.34. The fourth-order valence-corrected chi connectivity index (χ4v) is 2.44. The molecule has 0 unspecified atom stereocenters. The van der Waals surface area contributed by atoms with Crippen molar-refractivity contribution in [1.29, 1.82) is 0 Å². The molecule has 8 heteroatoms. The van der Waals surface area contributed by atoms with Gasteiger partial charge in [-0.05, 0) is 18.2 Å². The van der Waals surface area contributed by atoms with E-state index in [0.29, 0.717) is 5.75 Å². The van der Waals surface area contributed by atoms with E-state index in [0.717, 1.165) is 4.57 Å². The molecule has 0 spiro atoms. The highest BCUT2D eigenvalue weighted by Crippen LogP contribution is 2.16. The number of hydrogen-bond donors (Lipinski definition) is 1. The van der Waals surface area contributed by atoms with E-state index in [1.807, 2.05) is 6.07 Å². The number of para-hydroxylation sites is 1. The molecule has 8 nitrogen and oxygen atoms in total. The van der Waals surface area contributed by atoms with Crippen LogP contribution in [0.3, 0.4) is 0 Å². The quantitative estimate of drug-likeness (QED) is 0.752. The molecule has 0 saturated heterocycles. The summed E-state index contributed by atoms with van der Waals surface area (Å²) < 4.78 is 7.61. The van der Waals surface area contributed by atoms with E-state index in [1.165, 1.54) is 30.9 Å². The molecule has 1 aromatic carbocycles. The van der Waals surface area contributed by atoms with Gasteiger partial charge in [-0.1, -0.05) is 18.2 Å². The van der Waals surface area contributed by atoms with E-state index < -0.39 is 17.2 Å². The fraction of sp³-hybridized carbons (Fsp3) is 0.176. The minimum Gasteiger partial charge on any atom is -0.484 e. The maximum atomic E-state index is 12.4. The molecule has 0 aliphatic heterocycles. The Balaban J connectivity index is 1.90. The van der Waals surface area contributed by atoms with Crippen molar-refractivity contribution in [3.05, 3.63) is 63.4 Å². The maximum absolute atomic E-state index is 12.4. The van der Waals surface area contributed by atoms with Crippen molar-refractivity contribution in [3.8, 4) is 5.75 Å². The number of benzene rings is 1. The third-order valence-electron chi connectivity index (χ3n) is 3.73. The molecule has 0 atom stereocenters. The molecule has 0 aliphatic carbocycles. The molecule has 3 rings (SSSR count). The van der Waals surface area contributed by atoms with Crippen LogP contribution in [0.2, 0.25) is 0 Å². The van der Waals surface area contributed by atoms with Crippen LogP contribution in [-0.2, 0) is 18.9 Å². The van der Waals surface area contributed by atoms with Gasteiger partial charge in [0.15, 0.2) is 12.3 Å². The second-order valence-corrected chi connectivity index (χ2v) is 5.41. The number of nitrogens with one attached hydrogen (secondary N) is 1. The number of ether oxygens (including phenoxy) is 1. The summed E-state index contributed by atoms with van der Waals surface area (Å²) in [5, 5.41) is 2.80. The van der Waals surface area contributed by atoms with E-state index in [2.05, 4.69) is 10.3 Å². The molecule has 1 N–H and O–H groups in total. The van der Waals surface area contributed by atoms with E-state index in [-0.39, 0.29) is 23.3 Å². The third kappa shape index (κ3) is 3.14. The Morgan fingerprint density at radius 3 is 2.56 bits per heavy atom. The number of pyridine rings is 1. The summed E-state index contributed by atoms with van der Waals surface area (Å²) in [6.45, 7) is -0.208. The van der Waals surface area contributed by atoms with Crippen LogP contribution in [0.25, 0.3) is 11.0 Å². The zero-order chi connectivity index (χ0) is 18.0. The number of nitrogens with zero attached hydrogens (tertiary/aromatic N) is 3. The number of amides is 1. The van der Waals surface area contributed by atoms with Crippen molar-refractivity contribution in [2.75, 3.05) is 11.9 Å². The standard InChI is InChI=1S/C17H16N4O4/c1-20-15-14(16(23)21(2)17(20)24)12(8-9-18-15)19-13(22)10-25-11-6-4-3-5-7-11/h3-9H,10H2,1-2H3,(H,18,19,22). The topological polar surface area (TPSA) is 95.2 Å². The van der Waals surface area contributed by atoms with Crippen molar-refractivity contribution in [2.24, 2.45) is 14.1 Å². The van der Waals surface area contributed by atoms with Crippen LogP contribution in [0.4, 0.5) is 5.69 Å². The summed E-state index contributed by atoms with van der Waals surface area (Å²) >= 11 is 0. The van der Waals surface area contributed by atoms with Gasteiger partial charge in [0.25, 0.3) is 11.5 Å².